The van der Waals surface area contributed by atoms with Gasteiger partial charge in [-0.05, 0) is 44.0 Å². The summed E-state index contributed by atoms with van der Waals surface area (Å²) in [5.74, 6) is -1.45. The summed E-state index contributed by atoms with van der Waals surface area (Å²) in [5.41, 5.74) is 1.08. The van der Waals surface area contributed by atoms with Crippen LogP contribution < -0.4 is 10.6 Å². The van der Waals surface area contributed by atoms with Crippen LogP contribution in [0.15, 0.2) is 24.4 Å². The maximum absolute atomic E-state index is 12.7. The number of amides is 3. The van der Waals surface area contributed by atoms with E-state index in [9.17, 15) is 14.4 Å². The number of benzene rings is 1. The average Bonchev–Trinajstić information content (AvgIpc) is 3.08. The SMILES string of the molecule is Cn1ccc(C(C)(C)C(=O)NCc2cc(Cl)c(C3CCC(=O)NC3=O)c(Cl)c2)n1. The van der Waals surface area contributed by atoms with Gasteiger partial charge in [-0.2, -0.15) is 5.10 Å². The van der Waals surface area contributed by atoms with Gasteiger partial charge >= 0.3 is 0 Å². The predicted octanol–water partition coefficient (Wildman–Crippen LogP) is 2.84. The van der Waals surface area contributed by atoms with Crippen LogP contribution in [-0.2, 0) is 33.4 Å². The fourth-order valence-electron chi connectivity index (χ4n) is 3.31. The van der Waals surface area contributed by atoms with Gasteiger partial charge in [0.15, 0.2) is 0 Å². The van der Waals surface area contributed by atoms with E-state index in [2.05, 4.69) is 15.7 Å². The number of halogens is 2. The normalized spacial score (nSPS) is 17.2. The molecule has 1 fully saturated rings. The summed E-state index contributed by atoms with van der Waals surface area (Å²) in [7, 11) is 1.80. The molecule has 1 aliphatic heterocycles. The van der Waals surface area contributed by atoms with E-state index in [0.717, 1.165) is 0 Å². The fourth-order valence-corrected chi connectivity index (χ4v) is 4.10. The Morgan fingerprint density at radius 2 is 1.97 bits per heavy atom. The monoisotopic (exact) mass is 436 g/mol. The van der Waals surface area contributed by atoms with E-state index in [1.54, 1.807) is 43.9 Å². The van der Waals surface area contributed by atoms with Crippen molar-refractivity contribution in [2.24, 2.45) is 7.05 Å². The van der Waals surface area contributed by atoms with Gasteiger partial charge in [0.2, 0.25) is 17.7 Å². The number of carbonyl (C=O) groups is 3. The van der Waals surface area contributed by atoms with Gasteiger partial charge < -0.3 is 5.32 Å². The Labute approximate surface area is 178 Å². The highest BCUT2D eigenvalue weighted by molar-refractivity contribution is 6.36. The number of aryl methyl sites for hydroxylation is 1. The Morgan fingerprint density at radius 3 is 2.52 bits per heavy atom. The quantitative estimate of drug-likeness (QED) is 0.704. The number of imide groups is 1. The highest BCUT2D eigenvalue weighted by Gasteiger charge is 2.33. The Bertz CT molecular complexity index is 961. The summed E-state index contributed by atoms with van der Waals surface area (Å²) in [6.45, 7) is 3.83. The number of piperidine rings is 1. The van der Waals surface area contributed by atoms with Gasteiger partial charge in [-0.1, -0.05) is 23.2 Å². The lowest BCUT2D eigenvalue weighted by Gasteiger charge is -2.24. The minimum atomic E-state index is -0.804. The lowest BCUT2D eigenvalue weighted by atomic mass is 9.88. The Balaban J connectivity index is 1.73. The van der Waals surface area contributed by atoms with Crippen molar-refractivity contribution in [2.75, 3.05) is 0 Å². The molecule has 2 N–H and O–H groups in total. The van der Waals surface area contributed by atoms with Crippen molar-refractivity contribution in [1.82, 2.24) is 20.4 Å². The van der Waals surface area contributed by atoms with Crippen molar-refractivity contribution in [3.63, 3.8) is 0 Å². The molecular weight excluding hydrogens is 415 g/mol. The minimum absolute atomic E-state index is 0.183. The summed E-state index contributed by atoms with van der Waals surface area (Å²) in [6.07, 6.45) is 2.39. The number of aromatic nitrogens is 2. The minimum Gasteiger partial charge on any atom is -0.351 e. The van der Waals surface area contributed by atoms with Crippen LogP contribution in [0.5, 0.6) is 0 Å². The summed E-state index contributed by atoms with van der Waals surface area (Å²) in [5, 5.41) is 10.2. The van der Waals surface area contributed by atoms with Crippen molar-refractivity contribution in [3.8, 4) is 0 Å². The first-order valence-corrected chi connectivity index (χ1v) is 9.95. The Morgan fingerprint density at radius 1 is 1.31 bits per heavy atom. The molecule has 2 aromatic rings. The first-order valence-electron chi connectivity index (χ1n) is 9.19. The zero-order chi connectivity index (χ0) is 21.3. The molecule has 9 heteroatoms. The molecule has 2 heterocycles. The molecule has 29 heavy (non-hydrogen) atoms. The number of carbonyl (C=O) groups excluding carboxylic acids is 3. The summed E-state index contributed by atoms with van der Waals surface area (Å²) >= 11 is 12.8. The second-order valence-corrected chi connectivity index (χ2v) is 8.47. The molecule has 1 saturated heterocycles. The first-order chi connectivity index (χ1) is 13.6. The maximum Gasteiger partial charge on any atom is 0.234 e. The lowest BCUT2D eigenvalue weighted by Crippen LogP contribution is -2.40. The molecule has 0 aliphatic carbocycles. The smallest absolute Gasteiger partial charge is 0.234 e. The Kier molecular flexibility index (Phi) is 6.00. The number of nitrogens with one attached hydrogen (secondary N) is 2. The molecule has 1 atom stereocenters. The van der Waals surface area contributed by atoms with E-state index in [0.29, 0.717) is 33.3 Å². The largest absolute Gasteiger partial charge is 0.351 e. The Hall–Kier alpha value is -2.38. The van der Waals surface area contributed by atoms with Crippen molar-refractivity contribution in [1.29, 1.82) is 0 Å². The zero-order valence-corrected chi connectivity index (χ0v) is 17.9. The van der Waals surface area contributed by atoms with Gasteiger partial charge in [-0.15, -0.1) is 0 Å². The summed E-state index contributed by atoms with van der Waals surface area (Å²) in [6, 6.07) is 5.17. The second kappa shape index (κ2) is 8.16. The van der Waals surface area contributed by atoms with Crippen LogP contribution in [0.2, 0.25) is 10.0 Å². The van der Waals surface area contributed by atoms with Crippen molar-refractivity contribution in [3.05, 3.63) is 51.3 Å². The molecule has 1 aromatic heterocycles. The number of nitrogens with zero attached hydrogens (tertiary/aromatic N) is 2. The third kappa shape index (κ3) is 4.46. The van der Waals surface area contributed by atoms with Gasteiger partial charge in [0, 0.05) is 41.8 Å². The van der Waals surface area contributed by atoms with Gasteiger partial charge in [0.1, 0.15) is 0 Å². The maximum atomic E-state index is 12.7. The predicted molar refractivity (Wildman–Crippen MR) is 110 cm³/mol. The van der Waals surface area contributed by atoms with E-state index in [4.69, 9.17) is 23.2 Å². The van der Waals surface area contributed by atoms with E-state index in [1.807, 2.05) is 6.07 Å². The van der Waals surface area contributed by atoms with Crippen molar-refractivity contribution >= 4 is 40.9 Å². The number of rotatable bonds is 5. The van der Waals surface area contributed by atoms with Crippen LogP contribution >= 0.6 is 23.2 Å². The van der Waals surface area contributed by atoms with Gasteiger partial charge in [0.05, 0.1) is 17.0 Å². The molecular formula is C20H22Cl2N4O3. The van der Waals surface area contributed by atoms with Gasteiger partial charge in [-0.25, -0.2) is 0 Å². The molecule has 1 aliphatic rings. The van der Waals surface area contributed by atoms with E-state index in [-0.39, 0.29) is 24.8 Å². The topological polar surface area (TPSA) is 93.1 Å². The van der Waals surface area contributed by atoms with E-state index in [1.165, 1.54) is 0 Å². The molecule has 3 rings (SSSR count). The van der Waals surface area contributed by atoms with Crippen LogP contribution in [-0.4, -0.2) is 27.5 Å². The van der Waals surface area contributed by atoms with Crippen LogP contribution in [0.25, 0.3) is 0 Å². The van der Waals surface area contributed by atoms with Crippen LogP contribution in [0.4, 0.5) is 0 Å². The highest BCUT2D eigenvalue weighted by Crippen LogP contribution is 2.37. The van der Waals surface area contributed by atoms with Gasteiger partial charge in [-0.3, -0.25) is 24.4 Å². The number of hydrogen-bond donors (Lipinski definition) is 2. The number of hydrogen-bond acceptors (Lipinski definition) is 4. The van der Waals surface area contributed by atoms with Crippen LogP contribution in [0, 0.1) is 0 Å². The molecule has 0 spiro atoms. The first kappa shape index (κ1) is 21.3. The standard InChI is InChI=1S/C20H22Cl2N4O3/c1-20(2,15-6-7-26(3)25-15)19(29)23-10-11-8-13(21)17(14(22)9-11)12-4-5-16(27)24-18(12)28/h6-9,12H,4-5,10H2,1-3H3,(H,23,29)(H,24,27,28). The molecule has 7 nitrogen and oxygen atoms in total. The molecule has 1 unspecified atom stereocenters. The van der Waals surface area contributed by atoms with Crippen LogP contribution in [0.1, 0.15) is 49.4 Å². The molecule has 0 saturated carbocycles. The second-order valence-electron chi connectivity index (χ2n) is 7.66. The molecule has 154 valence electrons. The van der Waals surface area contributed by atoms with E-state index < -0.39 is 17.2 Å². The van der Waals surface area contributed by atoms with Crippen molar-refractivity contribution < 1.29 is 14.4 Å². The molecule has 1 aromatic carbocycles. The fraction of sp³-hybridized carbons (Fsp3) is 0.400. The summed E-state index contributed by atoms with van der Waals surface area (Å²) < 4.78 is 1.65. The average molecular weight is 437 g/mol. The molecule has 0 bridgehead atoms. The molecule has 3 amide bonds. The summed E-state index contributed by atoms with van der Waals surface area (Å²) in [4.78, 5) is 36.2. The molecule has 0 radical (unpaired) electrons. The highest BCUT2D eigenvalue weighted by atomic mass is 35.5. The lowest BCUT2D eigenvalue weighted by molar-refractivity contribution is -0.134. The third-order valence-corrected chi connectivity index (χ3v) is 5.73. The van der Waals surface area contributed by atoms with Crippen molar-refractivity contribution in [2.45, 2.75) is 44.6 Å². The van der Waals surface area contributed by atoms with E-state index >= 15 is 0 Å². The van der Waals surface area contributed by atoms with Gasteiger partial charge in [0.25, 0.3) is 0 Å². The van der Waals surface area contributed by atoms with Crippen LogP contribution in [0.3, 0.4) is 0 Å². The third-order valence-electron chi connectivity index (χ3n) is 5.10. The zero-order valence-electron chi connectivity index (χ0n) is 16.4.